The van der Waals surface area contributed by atoms with Gasteiger partial charge < -0.3 is 4.74 Å². The Morgan fingerprint density at radius 1 is 1.00 bits per heavy atom. The lowest BCUT2D eigenvalue weighted by molar-refractivity contribution is 0.186. The Labute approximate surface area is 106 Å². The Bertz CT molecular complexity index is 599. The van der Waals surface area contributed by atoms with Gasteiger partial charge in [0.15, 0.2) is 0 Å². The summed E-state index contributed by atoms with van der Waals surface area (Å²) in [7, 11) is 0. The third kappa shape index (κ3) is 1.90. The van der Waals surface area contributed by atoms with E-state index in [9.17, 15) is 4.39 Å². The van der Waals surface area contributed by atoms with Crippen molar-refractivity contribution in [2.75, 3.05) is 0 Å². The monoisotopic (exact) mass is 240 g/mol. The molecule has 0 spiro atoms. The van der Waals surface area contributed by atoms with E-state index < -0.39 is 0 Å². The van der Waals surface area contributed by atoms with E-state index in [2.05, 4.69) is 12.1 Å². The zero-order valence-corrected chi connectivity index (χ0v) is 10.1. The molecule has 2 aromatic carbocycles. The average Bonchev–Trinajstić information content (AvgIpc) is 2.39. The molecule has 0 aromatic heterocycles. The Morgan fingerprint density at radius 2 is 1.72 bits per heavy atom. The summed E-state index contributed by atoms with van der Waals surface area (Å²) in [4.78, 5) is 0. The SMILES string of the molecule is C[C@H]1OC(c2ccc(F)cc2)=Cc2ccccc21. The molecule has 0 bridgehead atoms. The predicted octanol–water partition coefficient (Wildman–Crippen LogP) is 4.42. The molecule has 0 amide bonds. The van der Waals surface area contributed by atoms with Gasteiger partial charge in [0.25, 0.3) is 0 Å². The van der Waals surface area contributed by atoms with Crippen molar-refractivity contribution in [3.63, 3.8) is 0 Å². The van der Waals surface area contributed by atoms with Crippen LogP contribution in [0, 0.1) is 5.82 Å². The van der Waals surface area contributed by atoms with Crippen molar-refractivity contribution in [1.82, 2.24) is 0 Å². The molecular formula is C16H13FO. The molecule has 0 fully saturated rings. The molecule has 3 rings (SSSR count). The largest absolute Gasteiger partial charge is 0.485 e. The Balaban J connectivity index is 2.05. The Hall–Kier alpha value is -2.09. The molecule has 1 nitrogen and oxygen atoms in total. The van der Waals surface area contributed by atoms with Crippen LogP contribution in [0.4, 0.5) is 4.39 Å². The molecule has 1 aliphatic rings. The second-order valence-corrected chi connectivity index (χ2v) is 4.40. The summed E-state index contributed by atoms with van der Waals surface area (Å²) in [5.41, 5.74) is 3.25. The molecule has 90 valence electrons. The fourth-order valence-electron chi connectivity index (χ4n) is 2.21. The second-order valence-electron chi connectivity index (χ2n) is 4.40. The molecule has 0 unspecified atom stereocenters. The summed E-state index contributed by atoms with van der Waals surface area (Å²) >= 11 is 0. The van der Waals surface area contributed by atoms with Crippen LogP contribution < -0.4 is 0 Å². The highest BCUT2D eigenvalue weighted by Gasteiger charge is 2.18. The normalized spacial score (nSPS) is 17.7. The molecule has 0 radical (unpaired) electrons. The lowest BCUT2D eigenvalue weighted by Gasteiger charge is -2.24. The Kier molecular flexibility index (Phi) is 2.63. The first-order valence-corrected chi connectivity index (χ1v) is 5.97. The fraction of sp³-hybridized carbons (Fsp3) is 0.125. The number of fused-ring (bicyclic) bond motifs is 1. The third-order valence-electron chi connectivity index (χ3n) is 3.15. The van der Waals surface area contributed by atoms with Crippen LogP contribution in [0.1, 0.15) is 29.7 Å². The van der Waals surface area contributed by atoms with Crippen LogP contribution in [-0.2, 0) is 4.74 Å². The minimum atomic E-state index is -0.233. The topological polar surface area (TPSA) is 9.23 Å². The zero-order valence-electron chi connectivity index (χ0n) is 10.1. The first-order valence-electron chi connectivity index (χ1n) is 5.97. The van der Waals surface area contributed by atoms with Gasteiger partial charge in [0.1, 0.15) is 17.7 Å². The highest BCUT2D eigenvalue weighted by molar-refractivity contribution is 5.80. The molecule has 2 aromatic rings. The first-order chi connectivity index (χ1) is 8.74. The molecule has 18 heavy (non-hydrogen) atoms. The highest BCUT2D eigenvalue weighted by Crippen LogP contribution is 2.34. The summed E-state index contributed by atoms with van der Waals surface area (Å²) in [6.45, 7) is 2.02. The van der Waals surface area contributed by atoms with Crippen molar-refractivity contribution in [2.24, 2.45) is 0 Å². The molecule has 0 saturated heterocycles. The summed E-state index contributed by atoms with van der Waals surface area (Å²) in [6, 6.07) is 14.5. The Morgan fingerprint density at radius 3 is 2.50 bits per heavy atom. The molecule has 0 saturated carbocycles. The van der Waals surface area contributed by atoms with Gasteiger partial charge in [-0.1, -0.05) is 24.3 Å². The van der Waals surface area contributed by atoms with E-state index in [-0.39, 0.29) is 11.9 Å². The summed E-state index contributed by atoms with van der Waals surface area (Å²) in [6.07, 6.45) is 2.02. The van der Waals surface area contributed by atoms with Gasteiger partial charge >= 0.3 is 0 Å². The highest BCUT2D eigenvalue weighted by atomic mass is 19.1. The maximum absolute atomic E-state index is 12.9. The van der Waals surface area contributed by atoms with Gasteiger partial charge in [-0.15, -0.1) is 0 Å². The van der Waals surface area contributed by atoms with Crippen molar-refractivity contribution in [1.29, 1.82) is 0 Å². The van der Waals surface area contributed by atoms with Crippen molar-refractivity contribution in [3.05, 3.63) is 71.0 Å². The number of halogens is 1. The van der Waals surface area contributed by atoms with Crippen LogP contribution in [0.15, 0.2) is 48.5 Å². The number of ether oxygens (including phenoxy) is 1. The predicted molar refractivity (Wildman–Crippen MR) is 70.2 cm³/mol. The first kappa shape index (κ1) is 11.0. The molecule has 1 aliphatic heterocycles. The number of benzene rings is 2. The zero-order chi connectivity index (χ0) is 12.5. The third-order valence-corrected chi connectivity index (χ3v) is 3.15. The lowest BCUT2D eigenvalue weighted by atomic mass is 9.98. The van der Waals surface area contributed by atoms with E-state index in [4.69, 9.17) is 4.74 Å². The van der Waals surface area contributed by atoms with Crippen LogP contribution in [0.3, 0.4) is 0 Å². The minimum absolute atomic E-state index is 0.0197. The fourth-order valence-corrected chi connectivity index (χ4v) is 2.21. The van der Waals surface area contributed by atoms with Crippen LogP contribution >= 0.6 is 0 Å². The van der Waals surface area contributed by atoms with Crippen molar-refractivity contribution in [2.45, 2.75) is 13.0 Å². The van der Waals surface area contributed by atoms with E-state index in [1.54, 1.807) is 12.1 Å². The minimum Gasteiger partial charge on any atom is -0.485 e. The van der Waals surface area contributed by atoms with E-state index in [0.29, 0.717) is 0 Å². The van der Waals surface area contributed by atoms with E-state index in [1.165, 1.54) is 17.7 Å². The van der Waals surface area contributed by atoms with Gasteiger partial charge in [-0.3, -0.25) is 0 Å². The number of rotatable bonds is 1. The molecular weight excluding hydrogens is 227 g/mol. The van der Waals surface area contributed by atoms with Gasteiger partial charge in [0.2, 0.25) is 0 Å². The number of hydrogen-bond donors (Lipinski definition) is 0. The van der Waals surface area contributed by atoms with Crippen LogP contribution in [0.5, 0.6) is 0 Å². The number of hydrogen-bond acceptors (Lipinski definition) is 1. The van der Waals surface area contributed by atoms with Gasteiger partial charge in [0, 0.05) is 5.56 Å². The molecule has 0 aliphatic carbocycles. The maximum Gasteiger partial charge on any atom is 0.128 e. The van der Waals surface area contributed by atoms with Crippen LogP contribution in [0.25, 0.3) is 11.8 Å². The van der Waals surface area contributed by atoms with Gasteiger partial charge in [-0.2, -0.15) is 0 Å². The van der Waals surface area contributed by atoms with Crippen LogP contribution in [-0.4, -0.2) is 0 Å². The summed E-state index contributed by atoms with van der Waals surface area (Å²) in [5.74, 6) is 0.560. The maximum atomic E-state index is 12.9. The van der Waals surface area contributed by atoms with Gasteiger partial charge in [0.05, 0.1) is 0 Å². The molecule has 2 heteroatoms. The average molecular weight is 240 g/mol. The van der Waals surface area contributed by atoms with Crippen molar-refractivity contribution in [3.8, 4) is 0 Å². The van der Waals surface area contributed by atoms with Crippen molar-refractivity contribution >= 4 is 11.8 Å². The standard InChI is InChI=1S/C16H13FO/c1-11-15-5-3-2-4-13(15)10-16(18-11)12-6-8-14(17)9-7-12/h2-11H,1H3/t11-/m1/s1. The summed E-state index contributed by atoms with van der Waals surface area (Å²) in [5, 5.41) is 0. The second kappa shape index (κ2) is 4.30. The quantitative estimate of drug-likeness (QED) is 0.717. The lowest BCUT2D eigenvalue weighted by Crippen LogP contribution is -2.06. The van der Waals surface area contributed by atoms with Gasteiger partial charge in [-0.05, 0) is 48.4 Å². The van der Waals surface area contributed by atoms with E-state index in [0.717, 1.165) is 16.9 Å². The molecule has 0 N–H and O–H groups in total. The molecule has 1 heterocycles. The van der Waals surface area contributed by atoms with E-state index in [1.807, 2.05) is 25.1 Å². The summed E-state index contributed by atoms with van der Waals surface area (Å²) < 4.78 is 18.8. The van der Waals surface area contributed by atoms with Crippen molar-refractivity contribution < 1.29 is 9.13 Å². The molecule has 1 atom stereocenters. The van der Waals surface area contributed by atoms with E-state index >= 15 is 0 Å². The van der Waals surface area contributed by atoms with Gasteiger partial charge in [-0.25, -0.2) is 4.39 Å². The smallest absolute Gasteiger partial charge is 0.128 e. The van der Waals surface area contributed by atoms with Crippen LogP contribution in [0.2, 0.25) is 0 Å².